The van der Waals surface area contributed by atoms with Crippen LogP contribution >= 0.6 is 11.3 Å². The molecule has 0 bridgehead atoms. The molecule has 3 nitrogen and oxygen atoms in total. The molecule has 0 radical (unpaired) electrons. The first-order valence-electron chi connectivity index (χ1n) is 8.68. The fourth-order valence-electron chi connectivity index (χ4n) is 3.71. The molecule has 0 unspecified atom stereocenters. The number of aryl methyl sites for hydroxylation is 1. The lowest BCUT2D eigenvalue weighted by molar-refractivity contribution is -0.109. The lowest BCUT2D eigenvalue weighted by Gasteiger charge is -2.34. The number of hydrogen-bond acceptors (Lipinski definition) is 3. The first-order chi connectivity index (χ1) is 12.4. The molecule has 0 atom stereocenters. The maximum absolute atomic E-state index is 13.0. The SMILES string of the molecule is Cc1cn2ccc(-c3ccc4cc(CC5CC(F)(F)C5)sc4n3)cc2n1. The van der Waals surface area contributed by atoms with E-state index in [9.17, 15) is 8.78 Å². The molecule has 1 aliphatic rings. The van der Waals surface area contributed by atoms with Crippen molar-refractivity contribution in [1.82, 2.24) is 14.4 Å². The molecular formula is C20H17F2N3S. The topological polar surface area (TPSA) is 30.2 Å². The van der Waals surface area contributed by atoms with Crippen molar-refractivity contribution in [1.29, 1.82) is 0 Å². The third kappa shape index (κ3) is 2.78. The molecule has 5 rings (SSSR count). The lowest BCUT2D eigenvalue weighted by Crippen LogP contribution is -2.36. The highest BCUT2D eigenvalue weighted by atomic mass is 32.1. The Balaban J connectivity index is 1.45. The Labute approximate surface area is 153 Å². The van der Waals surface area contributed by atoms with Crippen LogP contribution in [0.3, 0.4) is 0 Å². The molecule has 0 N–H and O–H groups in total. The number of pyridine rings is 2. The van der Waals surface area contributed by atoms with Crippen LogP contribution in [0, 0.1) is 12.8 Å². The minimum Gasteiger partial charge on any atom is -0.307 e. The molecule has 0 saturated heterocycles. The highest BCUT2D eigenvalue weighted by molar-refractivity contribution is 7.18. The van der Waals surface area contributed by atoms with Crippen LogP contribution in [0.4, 0.5) is 8.78 Å². The van der Waals surface area contributed by atoms with Crippen LogP contribution in [-0.4, -0.2) is 20.3 Å². The van der Waals surface area contributed by atoms with Gasteiger partial charge in [0.1, 0.15) is 10.5 Å². The molecule has 0 aromatic carbocycles. The average molecular weight is 369 g/mol. The van der Waals surface area contributed by atoms with Gasteiger partial charge in [-0.3, -0.25) is 0 Å². The molecular weight excluding hydrogens is 352 g/mol. The molecule has 132 valence electrons. The molecule has 1 aliphatic carbocycles. The van der Waals surface area contributed by atoms with Crippen LogP contribution in [0.2, 0.25) is 0 Å². The van der Waals surface area contributed by atoms with Gasteiger partial charge in [0.25, 0.3) is 0 Å². The molecule has 26 heavy (non-hydrogen) atoms. The zero-order chi connectivity index (χ0) is 17.9. The number of fused-ring (bicyclic) bond motifs is 2. The van der Waals surface area contributed by atoms with Crippen molar-refractivity contribution in [3.63, 3.8) is 0 Å². The van der Waals surface area contributed by atoms with Gasteiger partial charge in [-0.1, -0.05) is 0 Å². The highest BCUT2D eigenvalue weighted by Gasteiger charge is 2.45. The van der Waals surface area contributed by atoms with E-state index < -0.39 is 5.92 Å². The molecule has 0 amide bonds. The van der Waals surface area contributed by atoms with E-state index in [4.69, 9.17) is 4.98 Å². The molecule has 1 saturated carbocycles. The van der Waals surface area contributed by atoms with E-state index in [1.807, 2.05) is 41.9 Å². The molecule has 4 aromatic rings. The maximum atomic E-state index is 13.0. The normalized spacial score (nSPS) is 17.0. The zero-order valence-corrected chi connectivity index (χ0v) is 15.1. The monoisotopic (exact) mass is 369 g/mol. The van der Waals surface area contributed by atoms with Gasteiger partial charge in [0.15, 0.2) is 0 Å². The number of hydrogen-bond donors (Lipinski definition) is 0. The van der Waals surface area contributed by atoms with Gasteiger partial charge < -0.3 is 4.40 Å². The number of alkyl halides is 2. The van der Waals surface area contributed by atoms with Crippen LogP contribution in [0.5, 0.6) is 0 Å². The average Bonchev–Trinajstić information content (AvgIpc) is 3.12. The summed E-state index contributed by atoms with van der Waals surface area (Å²) in [7, 11) is 0. The van der Waals surface area contributed by atoms with E-state index in [0.717, 1.165) is 44.1 Å². The van der Waals surface area contributed by atoms with Crippen molar-refractivity contribution in [2.24, 2.45) is 5.92 Å². The molecule has 6 heteroatoms. The fraction of sp³-hybridized carbons (Fsp3) is 0.300. The number of thiophene rings is 1. The molecule has 4 heterocycles. The number of rotatable bonds is 3. The molecule has 0 spiro atoms. The van der Waals surface area contributed by atoms with Crippen LogP contribution in [0.25, 0.3) is 27.1 Å². The lowest BCUT2D eigenvalue weighted by atomic mass is 9.79. The van der Waals surface area contributed by atoms with Gasteiger partial charge in [0.05, 0.1) is 11.4 Å². The Morgan fingerprint density at radius 1 is 1.19 bits per heavy atom. The van der Waals surface area contributed by atoms with E-state index in [1.54, 1.807) is 11.3 Å². The minimum atomic E-state index is -2.45. The Bertz CT molecular complexity index is 1120. The standard InChI is InChI=1S/C20H17F2N3S/c1-12-11-25-5-4-14(8-18(25)23-12)17-3-2-15-7-16(26-19(15)24-17)6-13-9-20(21,22)10-13/h2-5,7-8,11,13H,6,9-10H2,1H3. The van der Waals surface area contributed by atoms with Crippen molar-refractivity contribution in [3.8, 4) is 11.3 Å². The Hall–Kier alpha value is -2.34. The van der Waals surface area contributed by atoms with E-state index in [0.29, 0.717) is 0 Å². The predicted octanol–water partition coefficient (Wildman–Crippen LogP) is 5.51. The van der Waals surface area contributed by atoms with Crippen LogP contribution in [0.15, 0.2) is 42.7 Å². The van der Waals surface area contributed by atoms with E-state index >= 15 is 0 Å². The van der Waals surface area contributed by atoms with Crippen molar-refractivity contribution >= 4 is 27.2 Å². The minimum absolute atomic E-state index is 0.0175. The van der Waals surface area contributed by atoms with Gasteiger partial charge in [0, 0.05) is 41.1 Å². The van der Waals surface area contributed by atoms with Crippen molar-refractivity contribution in [3.05, 3.63) is 53.3 Å². The Kier molecular flexibility index (Phi) is 3.41. The van der Waals surface area contributed by atoms with Gasteiger partial charge in [-0.15, -0.1) is 11.3 Å². The summed E-state index contributed by atoms with van der Waals surface area (Å²) in [5.41, 5.74) is 3.82. The molecule has 1 fully saturated rings. The fourth-order valence-corrected chi connectivity index (χ4v) is 4.86. The van der Waals surface area contributed by atoms with Gasteiger partial charge in [-0.05, 0) is 49.6 Å². The van der Waals surface area contributed by atoms with E-state index in [2.05, 4.69) is 17.1 Å². The van der Waals surface area contributed by atoms with Crippen LogP contribution in [0.1, 0.15) is 23.4 Å². The second-order valence-electron chi connectivity index (χ2n) is 7.20. The summed E-state index contributed by atoms with van der Waals surface area (Å²) in [6.45, 7) is 1.97. The Morgan fingerprint density at radius 3 is 2.85 bits per heavy atom. The van der Waals surface area contributed by atoms with Crippen molar-refractivity contribution in [2.45, 2.75) is 32.1 Å². The number of imidazole rings is 1. The summed E-state index contributed by atoms with van der Waals surface area (Å²) in [5, 5.41) is 1.08. The summed E-state index contributed by atoms with van der Waals surface area (Å²) in [6.07, 6.45) is 4.75. The van der Waals surface area contributed by atoms with Crippen molar-refractivity contribution < 1.29 is 8.78 Å². The predicted molar refractivity (Wildman–Crippen MR) is 99.9 cm³/mol. The van der Waals surface area contributed by atoms with Gasteiger partial charge in [-0.2, -0.15) is 0 Å². The summed E-state index contributed by atoms with van der Waals surface area (Å²) >= 11 is 1.61. The largest absolute Gasteiger partial charge is 0.307 e. The van der Waals surface area contributed by atoms with Crippen LogP contribution in [-0.2, 0) is 6.42 Å². The number of nitrogens with zero attached hydrogens (tertiary/aromatic N) is 3. The third-order valence-electron chi connectivity index (χ3n) is 4.97. The van der Waals surface area contributed by atoms with Gasteiger partial charge >= 0.3 is 0 Å². The molecule has 4 aromatic heterocycles. The Morgan fingerprint density at radius 2 is 2.04 bits per heavy atom. The van der Waals surface area contributed by atoms with Gasteiger partial charge in [-0.25, -0.2) is 18.7 Å². The summed E-state index contributed by atoms with van der Waals surface area (Å²) in [5.74, 6) is -2.35. The smallest absolute Gasteiger partial charge is 0.248 e. The first kappa shape index (κ1) is 15.9. The number of aromatic nitrogens is 3. The maximum Gasteiger partial charge on any atom is 0.248 e. The zero-order valence-electron chi connectivity index (χ0n) is 14.2. The van der Waals surface area contributed by atoms with E-state index in [-0.39, 0.29) is 18.8 Å². The second-order valence-corrected chi connectivity index (χ2v) is 8.32. The third-order valence-corrected chi connectivity index (χ3v) is 6.04. The number of halogens is 2. The van der Waals surface area contributed by atoms with Crippen molar-refractivity contribution in [2.75, 3.05) is 0 Å². The van der Waals surface area contributed by atoms with E-state index in [1.165, 1.54) is 0 Å². The first-order valence-corrected chi connectivity index (χ1v) is 9.50. The van der Waals surface area contributed by atoms with Gasteiger partial charge in [0.2, 0.25) is 5.92 Å². The molecule has 0 aliphatic heterocycles. The van der Waals surface area contributed by atoms with Crippen LogP contribution < -0.4 is 0 Å². The summed E-state index contributed by atoms with van der Waals surface area (Å²) in [4.78, 5) is 11.4. The summed E-state index contributed by atoms with van der Waals surface area (Å²) in [6, 6.07) is 10.2. The second kappa shape index (κ2) is 5.58. The summed E-state index contributed by atoms with van der Waals surface area (Å²) < 4.78 is 28.1. The highest BCUT2D eigenvalue weighted by Crippen LogP contribution is 2.44. The quantitative estimate of drug-likeness (QED) is 0.477.